The van der Waals surface area contributed by atoms with E-state index in [9.17, 15) is 0 Å². The maximum Gasteiger partial charge on any atom is 0.151 e. The van der Waals surface area contributed by atoms with Crippen LogP contribution in [0, 0.1) is 0 Å². The van der Waals surface area contributed by atoms with Crippen LogP contribution in [0.1, 0.15) is 25.5 Å². The molecule has 1 aromatic heterocycles. The average Bonchev–Trinajstić information content (AvgIpc) is 2.77. The van der Waals surface area contributed by atoms with E-state index in [4.69, 9.17) is 5.73 Å². The first kappa shape index (κ1) is 10.4. The lowest BCUT2D eigenvalue weighted by Gasteiger charge is -2.23. The summed E-state index contributed by atoms with van der Waals surface area (Å²) in [5.74, 6) is 0.972. The van der Waals surface area contributed by atoms with Crippen molar-refractivity contribution in [2.24, 2.45) is 5.73 Å². The smallest absolute Gasteiger partial charge is 0.151 e. The third-order valence-corrected chi connectivity index (χ3v) is 3.01. The first-order valence-corrected chi connectivity index (χ1v) is 5.64. The Hall–Kier alpha value is -1.16. The topological polar surface area (TPSA) is 55.0 Å². The highest BCUT2D eigenvalue weighted by Crippen LogP contribution is 2.22. The van der Waals surface area contributed by atoms with Crippen LogP contribution < -0.4 is 10.6 Å². The fraction of sp³-hybridized carbons (Fsp3) is 0.636. The first-order chi connectivity index (χ1) is 7.35. The van der Waals surface area contributed by atoms with Gasteiger partial charge in [-0.05, 0) is 31.4 Å². The largest absolute Gasteiger partial charge is 0.351 e. The van der Waals surface area contributed by atoms with E-state index in [1.807, 2.05) is 6.07 Å². The predicted octanol–water partition coefficient (Wildman–Crippen LogP) is 0.966. The normalized spacial score (nSPS) is 20.9. The van der Waals surface area contributed by atoms with Crippen molar-refractivity contribution in [2.75, 3.05) is 18.0 Å². The highest BCUT2D eigenvalue weighted by molar-refractivity contribution is 5.40. The Balaban J connectivity index is 2.14. The summed E-state index contributed by atoms with van der Waals surface area (Å²) < 4.78 is 0. The molecule has 1 saturated heterocycles. The standard InChI is InChI=1S/C11H18N4/c1-2-9-5-6-11(14-13-9)15-7-3-4-10(15)8-12/h5-6,10H,2-4,7-8,12H2,1H3. The fourth-order valence-corrected chi connectivity index (χ4v) is 2.08. The van der Waals surface area contributed by atoms with Crippen LogP contribution in [-0.4, -0.2) is 29.3 Å². The van der Waals surface area contributed by atoms with Crippen LogP contribution in [0.4, 0.5) is 5.82 Å². The van der Waals surface area contributed by atoms with Crippen molar-refractivity contribution in [2.45, 2.75) is 32.2 Å². The van der Waals surface area contributed by atoms with E-state index in [1.54, 1.807) is 0 Å². The van der Waals surface area contributed by atoms with Crippen molar-refractivity contribution in [3.05, 3.63) is 17.8 Å². The minimum atomic E-state index is 0.451. The van der Waals surface area contributed by atoms with Crippen LogP contribution in [-0.2, 0) is 6.42 Å². The van der Waals surface area contributed by atoms with Gasteiger partial charge in [-0.25, -0.2) is 0 Å². The van der Waals surface area contributed by atoms with Crippen molar-refractivity contribution in [1.29, 1.82) is 0 Å². The van der Waals surface area contributed by atoms with Crippen molar-refractivity contribution in [3.63, 3.8) is 0 Å². The number of nitrogens with two attached hydrogens (primary N) is 1. The van der Waals surface area contributed by atoms with Crippen LogP contribution in [0.25, 0.3) is 0 Å². The Bertz CT molecular complexity index is 309. The molecule has 1 unspecified atom stereocenters. The van der Waals surface area contributed by atoms with E-state index in [-0.39, 0.29) is 0 Å². The van der Waals surface area contributed by atoms with Crippen molar-refractivity contribution >= 4 is 5.82 Å². The van der Waals surface area contributed by atoms with Crippen LogP contribution in [0.5, 0.6) is 0 Å². The molecule has 0 amide bonds. The van der Waals surface area contributed by atoms with Gasteiger partial charge in [0.05, 0.1) is 5.69 Å². The third kappa shape index (κ3) is 2.09. The quantitative estimate of drug-likeness (QED) is 0.800. The van der Waals surface area contributed by atoms with Crippen molar-refractivity contribution in [3.8, 4) is 0 Å². The molecule has 1 fully saturated rings. The van der Waals surface area contributed by atoms with Gasteiger partial charge in [0.15, 0.2) is 5.82 Å². The summed E-state index contributed by atoms with van der Waals surface area (Å²) in [6.45, 7) is 3.85. The van der Waals surface area contributed by atoms with E-state index in [2.05, 4.69) is 28.1 Å². The second-order valence-electron chi connectivity index (χ2n) is 3.96. The summed E-state index contributed by atoms with van der Waals surface area (Å²) in [6.07, 6.45) is 3.32. The maximum atomic E-state index is 5.73. The second kappa shape index (κ2) is 4.57. The minimum absolute atomic E-state index is 0.451. The fourth-order valence-electron chi connectivity index (χ4n) is 2.08. The van der Waals surface area contributed by atoms with Crippen molar-refractivity contribution < 1.29 is 0 Å². The Kier molecular flexibility index (Phi) is 3.16. The van der Waals surface area contributed by atoms with E-state index >= 15 is 0 Å². The molecule has 1 atom stereocenters. The molecule has 0 aliphatic carbocycles. The monoisotopic (exact) mass is 206 g/mol. The molecule has 0 aromatic carbocycles. The zero-order chi connectivity index (χ0) is 10.7. The molecule has 15 heavy (non-hydrogen) atoms. The van der Waals surface area contributed by atoms with Gasteiger partial charge in [-0.1, -0.05) is 6.92 Å². The van der Waals surface area contributed by atoms with E-state index in [1.165, 1.54) is 12.8 Å². The molecule has 4 nitrogen and oxygen atoms in total. The molecular weight excluding hydrogens is 188 g/mol. The predicted molar refractivity (Wildman–Crippen MR) is 60.8 cm³/mol. The number of hydrogen-bond acceptors (Lipinski definition) is 4. The molecule has 0 saturated carbocycles. The minimum Gasteiger partial charge on any atom is -0.351 e. The van der Waals surface area contributed by atoms with E-state index in [0.29, 0.717) is 12.6 Å². The molecule has 2 rings (SSSR count). The van der Waals surface area contributed by atoms with Crippen LogP contribution in [0.2, 0.25) is 0 Å². The van der Waals surface area contributed by atoms with Gasteiger partial charge in [0, 0.05) is 19.1 Å². The summed E-state index contributed by atoms with van der Waals surface area (Å²) in [5.41, 5.74) is 6.77. The number of hydrogen-bond donors (Lipinski definition) is 1. The summed E-state index contributed by atoms with van der Waals surface area (Å²) >= 11 is 0. The Morgan fingerprint density at radius 1 is 1.47 bits per heavy atom. The molecule has 0 bridgehead atoms. The zero-order valence-corrected chi connectivity index (χ0v) is 9.19. The molecule has 4 heteroatoms. The number of nitrogens with zero attached hydrogens (tertiary/aromatic N) is 3. The molecular formula is C11H18N4. The summed E-state index contributed by atoms with van der Waals surface area (Å²) in [7, 11) is 0. The van der Waals surface area contributed by atoms with Gasteiger partial charge in [-0.15, -0.1) is 5.10 Å². The van der Waals surface area contributed by atoms with Crippen molar-refractivity contribution in [1.82, 2.24) is 10.2 Å². The summed E-state index contributed by atoms with van der Waals surface area (Å²) in [6, 6.07) is 4.56. The van der Waals surface area contributed by atoms with Crippen LogP contribution in [0.15, 0.2) is 12.1 Å². The maximum absolute atomic E-state index is 5.73. The van der Waals surface area contributed by atoms with Gasteiger partial charge >= 0.3 is 0 Å². The Labute approximate surface area is 90.5 Å². The van der Waals surface area contributed by atoms with Gasteiger partial charge < -0.3 is 10.6 Å². The highest BCUT2D eigenvalue weighted by Gasteiger charge is 2.24. The van der Waals surface area contributed by atoms with E-state index < -0.39 is 0 Å². The van der Waals surface area contributed by atoms with Gasteiger partial charge in [0.1, 0.15) is 0 Å². The molecule has 1 aliphatic rings. The Morgan fingerprint density at radius 3 is 2.93 bits per heavy atom. The third-order valence-electron chi connectivity index (χ3n) is 3.01. The molecule has 1 aromatic rings. The number of aryl methyl sites for hydroxylation is 1. The van der Waals surface area contributed by atoms with Gasteiger partial charge in [0.25, 0.3) is 0 Å². The first-order valence-electron chi connectivity index (χ1n) is 5.64. The lowest BCUT2D eigenvalue weighted by Crippen LogP contribution is -2.36. The average molecular weight is 206 g/mol. The molecule has 0 spiro atoms. The van der Waals surface area contributed by atoms with Gasteiger partial charge in [-0.2, -0.15) is 5.10 Å². The SMILES string of the molecule is CCc1ccc(N2CCCC2CN)nn1. The lowest BCUT2D eigenvalue weighted by molar-refractivity contribution is 0.666. The lowest BCUT2D eigenvalue weighted by atomic mass is 10.2. The summed E-state index contributed by atoms with van der Waals surface area (Å²) in [5, 5.41) is 8.43. The van der Waals surface area contributed by atoms with Crippen LogP contribution in [0.3, 0.4) is 0 Å². The number of anilines is 1. The highest BCUT2D eigenvalue weighted by atomic mass is 15.3. The Morgan fingerprint density at radius 2 is 2.33 bits per heavy atom. The van der Waals surface area contributed by atoms with Gasteiger partial charge in [-0.3, -0.25) is 0 Å². The summed E-state index contributed by atoms with van der Waals surface area (Å²) in [4.78, 5) is 2.27. The molecule has 2 heterocycles. The number of aromatic nitrogens is 2. The number of rotatable bonds is 3. The van der Waals surface area contributed by atoms with Gasteiger partial charge in [0.2, 0.25) is 0 Å². The van der Waals surface area contributed by atoms with E-state index in [0.717, 1.165) is 24.5 Å². The zero-order valence-electron chi connectivity index (χ0n) is 9.19. The second-order valence-corrected chi connectivity index (χ2v) is 3.96. The molecule has 82 valence electrons. The molecule has 2 N–H and O–H groups in total. The molecule has 0 radical (unpaired) electrons. The molecule has 1 aliphatic heterocycles. The van der Waals surface area contributed by atoms with Crippen LogP contribution >= 0.6 is 0 Å².